The Kier molecular flexibility index (Phi) is 7.01. The van der Waals surface area contributed by atoms with Crippen LogP contribution in [0.5, 0.6) is 17.2 Å². The predicted octanol–water partition coefficient (Wildman–Crippen LogP) is 6.00. The maximum absolute atomic E-state index is 13.2. The third-order valence-corrected chi connectivity index (χ3v) is 6.41. The van der Waals surface area contributed by atoms with Gasteiger partial charge >= 0.3 is 0 Å². The Hall–Kier alpha value is -3.29. The van der Waals surface area contributed by atoms with Gasteiger partial charge in [0, 0.05) is 6.07 Å². The molecule has 0 radical (unpaired) electrons. The SMILES string of the molecule is COc1ccc(N2C(=O)C(=Cc3cccc(OCc4ccc(C)cc4)c3)SC2=S)c(OC)c1. The zero-order chi connectivity index (χ0) is 23.4. The lowest BCUT2D eigenvalue weighted by Crippen LogP contribution is -2.27. The van der Waals surface area contributed by atoms with Crippen molar-refractivity contribution in [3.05, 3.63) is 88.3 Å². The number of thiocarbonyl (C=S) groups is 1. The number of methoxy groups -OCH3 is 2. The zero-order valence-electron chi connectivity index (χ0n) is 18.5. The second kappa shape index (κ2) is 10.1. The Bertz CT molecular complexity index is 1220. The Morgan fingerprint density at radius 1 is 0.970 bits per heavy atom. The fraction of sp³-hybridized carbons (Fsp3) is 0.154. The molecule has 0 atom stereocenters. The number of anilines is 1. The van der Waals surface area contributed by atoms with Crippen molar-refractivity contribution in [2.75, 3.05) is 19.1 Å². The summed E-state index contributed by atoms with van der Waals surface area (Å²) < 4.78 is 17.1. The van der Waals surface area contributed by atoms with E-state index in [0.717, 1.165) is 16.9 Å². The van der Waals surface area contributed by atoms with E-state index in [9.17, 15) is 4.79 Å². The molecule has 0 N–H and O–H groups in total. The maximum atomic E-state index is 13.2. The number of hydrogen-bond donors (Lipinski definition) is 0. The highest BCUT2D eigenvalue weighted by atomic mass is 32.2. The van der Waals surface area contributed by atoms with E-state index in [2.05, 4.69) is 31.2 Å². The number of nitrogens with zero attached hydrogens (tertiary/aromatic N) is 1. The monoisotopic (exact) mass is 477 g/mol. The van der Waals surface area contributed by atoms with E-state index in [1.165, 1.54) is 22.2 Å². The van der Waals surface area contributed by atoms with Gasteiger partial charge < -0.3 is 14.2 Å². The van der Waals surface area contributed by atoms with Crippen LogP contribution in [0.25, 0.3) is 6.08 Å². The molecule has 0 bridgehead atoms. The number of rotatable bonds is 7. The molecular weight excluding hydrogens is 454 g/mol. The Labute approximate surface area is 203 Å². The average Bonchev–Trinajstić information content (AvgIpc) is 3.10. The normalized spacial score (nSPS) is 14.6. The van der Waals surface area contributed by atoms with E-state index in [-0.39, 0.29) is 5.91 Å². The van der Waals surface area contributed by atoms with Crippen LogP contribution in [0.3, 0.4) is 0 Å². The topological polar surface area (TPSA) is 48.0 Å². The summed E-state index contributed by atoms with van der Waals surface area (Å²) in [7, 11) is 3.13. The Balaban J connectivity index is 1.53. The van der Waals surface area contributed by atoms with Crippen LogP contribution in [0.2, 0.25) is 0 Å². The molecule has 0 spiro atoms. The number of ether oxygens (including phenoxy) is 3. The molecular formula is C26H23NO4S2. The van der Waals surface area contributed by atoms with E-state index in [1.54, 1.807) is 32.4 Å². The molecule has 1 fully saturated rings. The fourth-order valence-electron chi connectivity index (χ4n) is 3.34. The van der Waals surface area contributed by atoms with Crippen LogP contribution in [0.1, 0.15) is 16.7 Å². The van der Waals surface area contributed by atoms with Crippen LogP contribution >= 0.6 is 24.0 Å². The summed E-state index contributed by atoms with van der Waals surface area (Å²) in [4.78, 5) is 15.2. The van der Waals surface area contributed by atoms with Gasteiger partial charge in [0.15, 0.2) is 4.32 Å². The first-order chi connectivity index (χ1) is 16.0. The zero-order valence-corrected chi connectivity index (χ0v) is 20.2. The first-order valence-corrected chi connectivity index (χ1v) is 11.5. The molecule has 3 aromatic carbocycles. The molecule has 7 heteroatoms. The fourth-order valence-corrected chi connectivity index (χ4v) is 4.63. The molecule has 1 aliphatic rings. The summed E-state index contributed by atoms with van der Waals surface area (Å²) in [6, 6.07) is 21.2. The van der Waals surface area contributed by atoms with Gasteiger partial charge in [-0.15, -0.1) is 0 Å². The van der Waals surface area contributed by atoms with Crippen LogP contribution in [0.4, 0.5) is 5.69 Å². The minimum Gasteiger partial charge on any atom is -0.497 e. The van der Waals surface area contributed by atoms with Crippen LogP contribution in [0, 0.1) is 6.92 Å². The molecule has 1 amide bonds. The average molecular weight is 478 g/mol. The molecule has 168 valence electrons. The number of aryl methyl sites for hydroxylation is 1. The first kappa shape index (κ1) is 22.9. The number of hydrogen-bond acceptors (Lipinski definition) is 6. The van der Waals surface area contributed by atoms with Gasteiger partial charge in [-0.1, -0.05) is 65.9 Å². The number of carbonyl (C=O) groups excluding carboxylic acids is 1. The van der Waals surface area contributed by atoms with Gasteiger partial charge in [0.05, 0.1) is 24.8 Å². The maximum Gasteiger partial charge on any atom is 0.270 e. The molecule has 5 nitrogen and oxygen atoms in total. The van der Waals surface area contributed by atoms with Gasteiger partial charge in [-0.05, 0) is 48.4 Å². The molecule has 0 saturated carbocycles. The minimum absolute atomic E-state index is 0.195. The van der Waals surface area contributed by atoms with Gasteiger partial charge in [0.2, 0.25) is 0 Å². The lowest BCUT2D eigenvalue weighted by Gasteiger charge is -2.18. The summed E-state index contributed by atoms with van der Waals surface area (Å²) in [6.45, 7) is 2.53. The van der Waals surface area contributed by atoms with Gasteiger partial charge in [-0.2, -0.15) is 0 Å². The third kappa shape index (κ3) is 5.21. The molecule has 4 rings (SSSR count). The van der Waals surface area contributed by atoms with Crippen molar-refractivity contribution >= 4 is 46.0 Å². The van der Waals surface area contributed by atoms with Crippen LogP contribution in [0.15, 0.2) is 71.6 Å². The van der Waals surface area contributed by atoms with Crippen LogP contribution < -0.4 is 19.1 Å². The molecule has 1 heterocycles. The molecule has 1 saturated heterocycles. The summed E-state index contributed by atoms with van der Waals surface area (Å²) in [6.07, 6.45) is 1.83. The van der Waals surface area contributed by atoms with Crippen molar-refractivity contribution in [2.24, 2.45) is 0 Å². The quantitative estimate of drug-likeness (QED) is 0.307. The smallest absolute Gasteiger partial charge is 0.270 e. The highest BCUT2D eigenvalue weighted by Crippen LogP contribution is 2.41. The summed E-state index contributed by atoms with van der Waals surface area (Å²) in [5.74, 6) is 1.69. The standard InChI is InChI=1S/C26H23NO4S2/c1-17-7-9-18(10-8-17)16-31-21-6-4-5-19(13-21)14-24-25(28)27(26(32)33-24)22-12-11-20(29-2)15-23(22)30-3/h4-15H,16H2,1-3H3. The molecule has 0 aliphatic carbocycles. The van der Waals surface area contributed by atoms with Gasteiger partial charge in [0.1, 0.15) is 23.9 Å². The van der Waals surface area contributed by atoms with E-state index in [0.29, 0.717) is 33.0 Å². The van der Waals surface area contributed by atoms with Crippen molar-refractivity contribution in [1.82, 2.24) is 0 Å². The van der Waals surface area contributed by atoms with Gasteiger partial charge in [0.25, 0.3) is 5.91 Å². The van der Waals surface area contributed by atoms with Crippen molar-refractivity contribution in [1.29, 1.82) is 0 Å². The van der Waals surface area contributed by atoms with Gasteiger partial charge in [-0.3, -0.25) is 9.69 Å². The lowest BCUT2D eigenvalue weighted by atomic mass is 10.1. The van der Waals surface area contributed by atoms with Gasteiger partial charge in [-0.25, -0.2) is 0 Å². The number of thioether (sulfide) groups is 1. The first-order valence-electron chi connectivity index (χ1n) is 10.3. The highest BCUT2D eigenvalue weighted by Gasteiger charge is 2.35. The van der Waals surface area contributed by atoms with E-state index < -0.39 is 0 Å². The van der Waals surface area contributed by atoms with E-state index >= 15 is 0 Å². The summed E-state index contributed by atoms with van der Waals surface area (Å²) in [5.41, 5.74) is 3.75. The van der Waals surface area contributed by atoms with Crippen molar-refractivity contribution in [3.8, 4) is 17.2 Å². The highest BCUT2D eigenvalue weighted by molar-refractivity contribution is 8.27. The number of carbonyl (C=O) groups is 1. The summed E-state index contributed by atoms with van der Waals surface area (Å²) >= 11 is 6.77. The van der Waals surface area contributed by atoms with E-state index in [4.69, 9.17) is 26.4 Å². The Morgan fingerprint density at radius 2 is 1.76 bits per heavy atom. The van der Waals surface area contributed by atoms with Crippen molar-refractivity contribution in [3.63, 3.8) is 0 Å². The third-order valence-electron chi connectivity index (χ3n) is 5.10. The van der Waals surface area contributed by atoms with Crippen LogP contribution in [-0.2, 0) is 11.4 Å². The van der Waals surface area contributed by atoms with E-state index in [1.807, 2.05) is 30.3 Å². The molecule has 0 unspecified atom stereocenters. The second-order valence-electron chi connectivity index (χ2n) is 7.40. The minimum atomic E-state index is -0.195. The summed E-state index contributed by atoms with van der Waals surface area (Å²) in [5, 5.41) is 0. The number of amides is 1. The molecule has 33 heavy (non-hydrogen) atoms. The Morgan fingerprint density at radius 3 is 2.48 bits per heavy atom. The van der Waals surface area contributed by atoms with Crippen molar-refractivity contribution in [2.45, 2.75) is 13.5 Å². The number of benzene rings is 3. The molecule has 3 aromatic rings. The predicted molar refractivity (Wildman–Crippen MR) is 137 cm³/mol. The largest absolute Gasteiger partial charge is 0.497 e. The molecule has 1 aliphatic heterocycles. The molecule has 0 aromatic heterocycles. The lowest BCUT2D eigenvalue weighted by molar-refractivity contribution is -0.113. The van der Waals surface area contributed by atoms with Crippen molar-refractivity contribution < 1.29 is 19.0 Å². The van der Waals surface area contributed by atoms with Crippen LogP contribution in [-0.4, -0.2) is 24.4 Å². The second-order valence-corrected chi connectivity index (χ2v) is 9.08.